The van der Waals surface area contributed by atoms with E-state index in [0.717, 1.165) is 6.08 Å². The lowest BCUT2D eigenvalue weighted by molar-refractivity contribution is -0.562. The monoisotopic (exact) mass is 1380 g/mol. The molecule has 2 heterocycles. The fourth-order valence-corrected chi connectivity index (χ4v) is 11.1. The number of phenolic OH excluding ortho intramolecular Hbond substituents is 2. The van der Waals surface area contributed by atoms with Crippen LogP contribution >= 0.6 is 0 Å². The number of hydrogen-bond donors (Lipinski definition) is 10. The first kappa shape index (κ1) is 88.7. The van der Waals surface area contributed by atoms with E-state index in [1.165, 1.54) is 70.9 Å². The number of allylic oxidation sites excluding steroid dienone is 6. The number of ether oxygens (including phenoxy) is 6. The number of nitrogens with two attached hydrogens (primary N) is 3. The van der Waals surface area contributed by atoms with Gasteiger partial charge in [0.25, 0.3) is 11.8 Å². The first-order chi connectivity index (χ1) is 44.3. The highest BCUT2D eigenvalue weighted by molar-refractivity contribution is 7.85. The van der Waals surface area contributed by atoms with Gasteiger partial charge in [-0.3, -0.25) is 19.2 Å². The molecule has 2 aromatic carbocycles. The Bertz CT molecular complexity index is 3370. The third-order valence-electron chi connectivity index (χ3n) is 15.6. The standard InChI is InChI=1S/C31H45N3O8.C31H43N3O8.C6H6O3S.3CH4/c2*1-8-12-33-26-21-13-17(2)14-25(41-7)27(36)19(4)15-20(5)29(42-31(32)39)24(40-6)11-9-10-18(3)30(38)34-22(28(21)37)16-23(26)35;7-10(8,9)6-4-2-1-3-5-6;;;/h8-11,15-17,19,24-25,27,29,33,35-37H,1,12-14H2,2-7H3,(H2,32,39)(H,34,38);8-11,15-17,19,24-25,27,29,33,36H,1,12-14H2,2-7H3,(H2,32,39)(H,34,38);1-5H,(H,7,8,9);3*1H4/b2*11-9-,18-10+,20-15+;;;;/t2*17-,19+,24+,25+,27-,29+;;;;/m11..../s1. The van der Waals surface area contributed by atoms with E-state index in [0.29, 0.717) is 53.8 Å². The van der Waals surface area contributed by atoms with Crippen molar-refractivity contribution in [1.82, 2.24) is 10.6 Å². The van der Waals surface area contributed by atoms with E-state index < -0.39 is 106 Å². The highest BCUT2D eigenvalue weighted by Gasteiger charge is 2.35. The van der Waals surface area contributed by atoms with Gasteiger partial charge < -0.3 is 86.1 Å². The maximum absolute atomic E-state index is 13.5. The van der Waals surface area contributed by atoms with Crippen molar-refractivity contribution in [1.29, 1.82) is 0 Å². The summed E-state index contributed by atoms with van der Waals surface area (Å²) in [6.45, 7) is 22.2. The summed E-state index contributed by atoms with van der Waals surface area (Å²) in [5.41, 5.74) is 13.6. The molecule has 13 N–H and O–H groups in total. The van der Waals surface area contributed by atoms with Crippen molar-refractivity contribution in [2.75, 3.05) is 46.8 Å². The normalized spacial score (nSPS) is 27.6. The number of aromatic hydroxyl groups is 2. The molecule has 5 rings (SSSR count). The number of carbonyl (C=O) groups is 6. The second kappa shape index (κ2) is 43.1. The number of fused-ring (bicyclic) bond motifs is 4. The fourth-order valence-electron chi connectivity index (χ4n) is 10.6. The van der Waals surface area contributed by atoms with Crippen molar-refractivity contribution in [3.05, 3.63) is 161 Å². The third-order valence-corrected chi connectivity index (χ3v) is 16.5. The lowest BCUT2D eigenvalue weighted by Crippen LogP contribution is -2.78. The number of carbonyl (C=O) groups excluding carboxylic acids is 6. The number of rotatable bonds is 13. The van der Waals surface area contributed by atoms with Crippen LogP contribution in [0.5, 0.6) is 11.5 Å². The second-order valence-electron chi connectivity index (χ2n) is 23.1. The molecular weight excluding hydrogens is 1270 g/mol. The van der Waals surface area contributed by atoms with E-state index >= 15 is 0 Å². The predicted octanol–water partition coefficient (Wildman–Crippen LogP) is 7.98. The molecule has 0 saturated heterocycles. The maximum Gasteiger partial charge on any atom is 0.405 e. The number of benzene rings is 2. The van der Waals surface area contributed by atoms with E-state index in [2.05, 4.69) is 29.1 Å². The molecule has 3 aliphatic rings. The number of aliphatic hydroxyl groups is 2. The van der Waals surface area contributed by atoms with Gasteiger partial charge in [-0.2, -0.15) is 0 Å². The molecule has 2 aromatic rings. The van der Waals surface area contributed by atoms with Gasteiger partial charge in [0, 0.05) is 75.7 Å². The second-order valence-corrected chi connectivity index (χ2v) is 24.5. The number of nitrogens with one attached hydrogen (secondary N) is 3. The zero-order valence-corrected chi connectivity index (χ0v) is 56.3. The topological polar surface area (TPSA) is 401 Å². The SMILES string of the molecule is C.C.C.C=CCNC1=C2C[C@@H](C)C[C@H](OC)[C@H](O)[C@@H](C)/C=C(\C)[C@H](OC(N)=O)[C@@H](OC)/C=C\C=C(/C)C(=O)NC(=CC1=O)C2=O.C=CC[NH2+]c1c(O)cc2c(O)c1C[C@@H](C)C[C@H](OC)[C@H](O)[C@@H](C)/C=C(\C)[C@H](OC(N)=O)[C@@H](OC)/C=C\C=C(/C)C(=O)N2.O=S(=O)([O-])c1ccccc1. The van der Waals surface area contributed by atoms with E-state index in [4.69, 9.17) is 39.9 Å². The van der Waals surface area contributed by atoms with E-state index in [1.807, 2.05) is 20.8 Å². The molecule has 12 atom stereocenters. The number of amides is 4. The Labute approximate surface area is 572 Å². The zero-order valence-electron chi connectivity index (χ0n) is 55.5. The average Bonchev–Trinajstić information content (AvgIpc) is 1.04. The highest BCUT2D eigenvalue weighted by Crippen LogP contribution is 2.41. The number of quaternary nitrogens is 1. The number of ketones is 2. The smallest absolute Gasteiger partial charge is 0.405 e. The Hall–Kier alpha value is -8.31. The molecular formula is C71H106N6O19S. The number of anilines is 1. The zero-order chi connectivity index (χ0) is 70.7. The van der Waals surface area contributed by atoms with Gasteiger partial charge in [-0.25, -0.2) is 18.0 Å². The van der Waals surface area contributed by atoms with Crippen molar-refractivity contribution in [2.24, 2.45) is 35.1 Å². The molecule has 4 bridgehead atoms. The number of aliphatic hydroxyl groups excluding tert-OH is 2. The molecule has 1 aliphatic carbocycles. The van der Waals surface area contributed by atoms with E-state index in [-0.39, 0.29) is 91.7 Å². The molecule has 540 valence electrons. The van der Waals surface area contributed by atoms with Gasteiger partial charge in [-0.05, 0) is 94.6 Å². The molecule has 0 saturated carbocycles. The summed E-state index contributed by atoms with van der Waals surface area (Å²) in [7, 11) is 1.63. The van der Waals surface area contributed by atoms with Crippen molar-refractivity contribution < 1.29 is 95.9 Å². The summed E-state index contributed by atoms with van der Waals surface area (Å²) in [5.74, 6) is -3.43. The molecule has 25 nitrogen and oxygen atoms in total. The summed E-state index contributed by atoms with van der Waals surface area (Å²) >= 11 is 0. The average molecular weight is 1380 g/mol. The van der Waals surface area contributed by atoms with Gasteiger partial charge in [0.1, 0.15) is 28.1 Å². The molecule has 0 aromatic heterocycles. The summed E-state index contributed by atoms with van der Waals surface area (Å²) in [5, 5.41) is 54.6. The molecule has 0 fully saturated rings. The summed E-state index contributed by atoms with van der Waals surface area (Å²) in [6.07, 6.45) is 10.1. The van der Waals surface area contributed by atoms with Gasteiger partial charge in [0.2, 0.25) is 11.6 Å². The quantitative estimate of drug-likeness (QED) is 0.0227. The molecule has 4 amide bonds. The van der Waals surface area contributed by atoms with Crippen LogP contribution < -0.4 is 32.7 Å². The Morgan fingerprint density at radius 1 is 0.722 bits per heavy atom. The van der Waals surface area contributed by atoms with Crippen LogP contribution in [-0.4, -0.2) is 159 Å². The summed E-state index contributed by atoms with van der Waals surface area (Å²) in [4.78, 5) is 75.8. The maximum atomic E-state index is 13.5. The molecule has 0 radical (unpaired) electrons. The molecule has 26 heteroatoms. The summed E-state index contributed by atoms with van der Waals surface area (Å²) in [6, 6.07) is 8.50. The van der Waals surface area contributed by atoms with Crippen molar-refractivity contribution in [3.8, 4) is 11.5 Å². The first-order valence-corrected chi connectivity index (χ1v) is 31.7. The van der Waals surface area contributed by atoms with Crippen molar-refractivity contribution in [3.63, 3.8) is 0 Å². The molecule has 0 unspecified atom stereocenters. The lowest BCUT2D eigenvalue weighted by Gasteiger charge is -2.30. The summed E-state index contributed by atoms with van der Waals surface area (Å²) < 4.78 is 64.0. The Kier molecular flexibility index (Phi) is 39.4. The van der Waals surface area contributed by atoms with Crippen molar-refractivity contribution >= 4 is 57.1 Å². The van der Waals surface area contributed by atoms with Crippen LogP contribution in [0.3, 0.4) is 0 Å². The number of phenols is 2. The number of primary amides is 2. The highest BCUT2D eigenvalue weighted by atomic mass is 32.2. The van der Waals surface area contributed by atoms with Crippen LogP contribution in [0.2, 0.25) is 0 Å². The minimum Gasteiger partial charge on any atom is -0.744 e. The number of Topliss-reactive ketones (excluding diaryl/α,β-unsaturated/α-hetero) is 1. The Morgan fingerprint density at radius 3 is 1.60 bits per heavy atom. The van der Waals surface area contributed by atoms with E-state index in [1.54, 1.807) is 94.6 Å². The lowest BCUT2D eigenvalue weighted by atomic mass is 9.85. The number of methoxy groups -OCH3 is 4. The molecule has 97 heavy (non-hydrogen) atoms. The molecule has 0 spiro atoms. The fraction of sp³-hybridized carbons (Fsp3) is 0.465. The number of hydrogen-bond acceptors (Lipinski definition) is 20. The Morgan fingerprint density at radius 2 is 1.19 bits per heavy atom. The van der Waals surface area contributed by atoms with Crippen LogP contribution in [0.1, 0.15) is 102 Å². The van der Waals surface area contributed by atoms with Crippen LogP contribution in [0.4, 0.5) is 21.0 Å². The minimum atomic E-state index is -4.25. The van der Waals surface area contributed by atoms with Gasteiger partial charge in [-0.1, -0.05) is 129 Å². The van der Waals surface area contributed by atoms with Crippen LogP contribution in [0.25, 0.3) is 0 Å². The van der Waals surface area contributed by atoms with Crippen LogP contribution in [-0.2, 0) is 64.1 Å². The van der Waals surface area contributed by atoms with Crippen molar-refractivity contribution in [2.45, 2.75) is 157 Å². The van der Waals surface area contributed by atoms with Gasteiger partial charge >= 0.3 is 12.2 Å². The molecule has 2 aliphatic heterocycles. The Balaban J connectivity index is 0.00000161. The van der Waals surface area contributed by atoms with Crippen LogP contribution in [0.15, 0.2) is 161 Å². The van der Waals surface area contributed by atoms with E-state index in [9.17, 15) is 62.2 Å². The minimum absolute atomic E-state index is 0. The van der Waals surface area contributed by atoms with Gasteiger partial charge in [-0.15, -0.1) is 6.58 Å². The van der Waals surface area contributed by atoms with Gasteiger partial charge in [0.15, 0.2) is 23.6 Å². The van der Waals surface area contributed by atoms with Gasteiger partial charge in [0.05, 0.1) is 58.5 Å². The predicted molar refractivity (Wildman–Crippen MR) is 373 cm³/mol. The largest absolute Gasteiger partial charge is 0.744 e. The third kappa shape index (κ3) is 27.3. The van der Waals surface area contributed by atoms with Crippen LogP contribution in [0, 0.1) is 23.7 Å². The first-order valence-electron chi connectivity index (χ1n) is 30.3.